The number of carboxylic acid groups (broad SMARTS) is 1. The minimum absolute atomic E-state index is 0.216. The number of carboxylic acids is 1. The molecule has 0 aromatic carbocycles. The molecule has 2 aliphatic heterocycles. The molecule has 0 bridgehead atoms. The van der Waals surface area contributed by atoms with Gasteiger partial charge in [-0.25, -0.2) is 0 Å². The van der Waals surface area contributed by atoms with Crippen molar-refractivity contribution in [3.05, 3.63) is 0 Å². The number of aliphatic carboxylic acids is 1. The van der Waals surface area contributed by atoms with Crippen LogP contribution in [0, 0.1) is 0 Å². The number of esters is 2. The number of hydrogen-bond acceptors (Lipinski definition) is 14. The van der Waals surface area contributed by atoms with Gasteiger partial charge in [0.15, 0.2) is 12.6 Å². The van der Waals surface area contributed by atoms with Crippen molar-refractivity contribution in [2.75, 3.05) is 0 Å². The van der Waals surface area contributed by atoms with Crippen LogP contribution in [0.25, 0.3) is 0 Å². The van der Waals surface area contributed by atoms with Gasteiger partial charge in [-0.2, -0.15) is 0 Å². The molecule has 0 unspecified atom stereocenters. The van der Waals surface area contributed by atoms with E-state index in [0.29, 0.717) is 25.7 Å². The first-order valence-electron chi connectivity index (χ1n) is 27.8. The van der Waals surface area contributed by atoms with E-state index in [1.54, 1.807) is 6.92 Å². The molecule has 0 aromatic heterocycles. The smallest absolute Gasteiger partial charge is 0.309 e. The first kappa shape index (κ1) is 63.2. The lowest BCUT2D eigenvalue weighted by Gasteiger charge is -2.46. The van der Waals surface area contributed by atoms with Crippen LogP contribution in [0.4, 0.5) is 0 Å². The summed E-state index contributed by atoms with van der Waals surface area (Å²) in [6.07, 6.45) is 13.8. The summed E-state index contributed by atoms with van der Waals surface area (Å²) < 4.78 is 36.0. The van der Waals surface area contributed by atoms with Gasteiger partial charge >= 0.3 is 17.9 Å². The van der Waals surface area contributed by atoms with Crippen molar-refractivity contribution in [2.45, 2.75) is 326 Å². The highest BCUT2D eigenvalue weighted by Gasteiger charge is 2.50. The Hall–Kier alpha value is -1.95. The van der Waals surface area contributed by atoms with Gasteiger partial charge in [0.05, 0.1) is 37.6 Å². The van der Waals surface area contributed by atoms with Crippen molar-refractivity contribution in [3.63, 3.8) is 0 Å². The fourth-order valence-corrected chi connectivity index (χ4v) is 9.43. The van der Waals surface area contributed by atoms with Gasteiger partial charge in [-0.15, -0.1) is 0 Å². The van der Waals surface area contributed by atoms with Crippen LogP contribution in [0.5, 0.6) is 0 Å². The SMILES string of the molecule is CCCCCCCCCCC[C@H](CC(=O)O)OC(=O)C[C@@H](CCCCCCCCCCC)OC(=O)C[C@@H](CCCCCCCCCCC)O[C@@H]1O[C@@H](C)[C@H](O)[C@@H](O)[C@H]1O[C@@H]1O[C@@H](C)[C@H](O)[C@@H](O)[C@H]1O. The Morgan fingerprint density at radius 2 is 0.754 bits per heavy atom. The second-order valence-electron chi connectivity index (χ2n) is 20.3. The van der Waals surface area contributed by atoms with Crippen LogP contribution in [0.15, 0.2) is 0 Å². The zero-order chi connectivity index (χ0) is 50.8. The number of aliphatic hydroxyl groups is 5. The molecule has 15 nitrogen and oxygen atoms in total. The van der Waals surface area contributed by atoms with Gasteiger partial charge in [0, 0.05) is 0 Å². The van der Waals surface area contributed by atoms with E-state index < -0.39 is 97.6 Å². The average molecular weight is 989 g/mol. The molecule has 69 heavy (non-hydrogen) atoms. The van der Waals surface area contributed by atoms with E-state index in [1.165, 1.54) is 96.8 Å². The van der Waals surface area contributed by atoms with Crippen LogP contribution in [0.3, 0.4) is 0 Å². The molecule has 2 aliphatic rings. The standard InChI is InChI=1S/C54H100O15/c1-6-9-12-15-18-21-24-27-30-33-41(36-44(55)56)66-45(57)37-42(34-31-28-25-22-19-16-13-10-7-2)67-46(58)38-43(35-32-29-26-23-20-17-14-11-8-3)68-54-52(50(62)48(60)40(5)65-54)69-53-51(63)49(61)47(59)39(4)64-53/h39-43,47-54,59-63H,6-38H2,1-5H3,(H,55,56)/t39-,40-,41+,42+,43+,47-,48-,49+,50+,51+,52+,53-,54-/m0/s1. The number of rotatable bonds is 42. The maximum Gasteiger partial charge on any atom is 0.309 e. The minimum atomic E-state index is -1.70. The van der Waals surface area contributed by atoms with E-state index in [9.17, 15) is 45.0 Å². The van der Waals surface area contributed by atoms with Crippen molar-refractivity contribution < 1.29 is 73.4 Å². The van der Waals surface area contributed by atoms with Crippen molar-refractivity contribution in [1.29, 1.82) is 0 Å². The Labute approximate surface area is 416 Å². The Bertz CT molecular complexity index is 1300. The fourth-order valence-electron chi connectivity index (χ4n) is 9.43. The molecule has 2 rings (SSSR count). The van der Waals surface area contributed by atoms with Gasteiger partial charge in [0.25, 0.3) is 0 Å². The number of carbonyl (C=O) groups excluding carboxylic acids is 2. The van der Waals surface area contributed by atoms with Crippen molar-refractivity contribution >= 4 is 17.9 Å². The summed E-state index contributed by atoms with van der Waals surface area (Å²) in [4.78, 5) is 39.4. The molecule has 15 heteroatoms. The summed E-state index contributed by atoms with van der Waals surface area (Å²) in [5.41, 5.74) is 0. The fraction of sp³-hybridized carbons (Fsp3) is 0.944. The first-order chi connectivity index (χ1) is 33.2. The highest BCUT2D eigenvalue weighted by molar-refractivity contribution is 5.73. The molecule has 0 amide bonds. The lowest BCUT2D eigenvalue weighted by atomic mass is 9.97. The van der Waals surface area contributed by atoms with Crippen LogP contribution in [-0.2, 0) is 42.8 Å². The largest absolute Gasteiger partial charge is 0.481 e. The second-order valence-corrected chi connectivity index (χ2v) is 20.3. The highest BCUT2D eigenvalue weighted by Crippen LogP contribution is 2.32. The monoisotopic (exact) mass is 989 g/mol. The minimum Gasteiger partial charge on any atom is -0.481 e. The quantitative estimate of drug-likeness (QED) is 0.0247. The molecule has 0 radical (unpaired) electrons. The number of carbonyl (C=O) groups is 3. The maximum absolute atomic E-state index is 14.0. The molecule has 6 N–H and O–H groups in total. The summed E-state index contributed by atoms with van der Waals surface area (Å²) in [7, 11) is 0. The lowest BCUT2D eigenvalue weighted by molar-refractivity contribution is -0.366. The summed E-state index contributed by atoms with van der Waals surface area (Å²) in [6, 6.07) is 0. The molecule has 13 atom stereocenters. The van der Waals surface area contributed by atoms with Gasteiger partial charge in [-0.1, -0.05) is 181 Å². The average Bonchev–Trinajstić information content (AvgIpc) is 3.30. The number of ether oxygens (including phenoxy) is 6. The van der Waals surface area contributed by atoms with Crippen LogP contribution in [0.2, 0.25) is 0 Å². The van der Waals surface area contributed by atoms with E-state index in [0.717, 1.165) is 77.0 Å². The number of unbranched alkanes of at least 4 members (excludes halogenated alkanes) is 24. The predicted octanol–water partition coefficient (Wildman–Crippen LogP) is 9.89. The molecule has 2 saturated heterocycles. The lowest BCUT2D eigenvalue weighted by Crippen LogP contribution is -2.63. The molecule has 406 valence electrons. The molecule has 0 saturated carbocycles. The topological polar surface area (TPSA) is 228 Å². The van der Waals surface area contributed by atoms with Crippen molar-refractivity contribution in [3.8, 4) is 0 Å². The van der Waals surface area contributed by atoms with Crippen molar-refractivity contribution in [2.24, 2.45) is 0 Å². The molecular weight excluding hydrogens is 889 g/mol. The number of hydrogen-bond donors (Lipinski definition) is 6. The van der Waals surface area contributed by atoms with Crippen LogP contribution in [-0.4, -0.2) is 128 Å². The highest BCUT2D eigenvalue weighted by atomic mass is 16.8. The van der Waals surface area contributed by atoms with E-state index >= 15 is 0 Å². The Morgan fingerprint density at radius 1 is 0.420 bits per heavy atom. The van der Waals surface area contributed by atoms with Gasteiger partial charge in [-0.05, 0) is 46.0 Å². The van der Waals surface area contributed by atoms with Gasteiger partial charge < -0.3 is 59.1 Å². The molecule has 0 aliphatic carbocycles. The van der Waals surface area contributed by atoms with E-state index in [2.05, 4.69) is 20.8 Å². The third-order valence-corrected chi connectivity index (χ3v) is 13.9. The third-order valence-electron chi connectivity index (χ3n) is 13.9. The van der Waals surface area contributed by atoms with Gasteiger partial charge in [0.1, 0.15) is 48.8 Å². The Balaban J connectivity index is 2.22. The molecule has 0 spiro atoms. The van der Waals surface area contributed by atoms with Crippen LogP contribution < -0.4 is 0 Å². The van der Waals surface area contributed by atoms with E-state index in [-0.39, 0.29) is 19.3 Å². The molecule has 2 heterocycles. The van der Waals surface area contributed by atoms with Crippen LogP contribution in [0.1, 0.15) is 247 Å². The first-order valence-corrected chi connectivity index (χ1v) is 27.8. The zero-order valence-corrected chi connectivity index (χ0v) is 43.7. The molecule has 0 aromatic rings. The molecular formula is C54H100O15. The normalized spacial score (nSPS) is 26.3. The maximum atomic E-state index is 14.0. The Kier molecular flexibility index (Phi) is 35.4. The summed E-state index contributed by atoms with van der Waals surface area (Å²) >= 11 is 0. The number of aliphatic hydroxyl groups excluding tert-OH is 5. The van der Waals surface area contributed by atoms with E-state index in [1.807, 2.05) is 0 Å². The summed E-state index contributed by atoms with van der Waals surface area (Å²) in [6.45, 7) is 9.65. The zero-order valence-electron chi connectivity index (χ0n) is 43.7. The van der Waals surface area contributed by atoms with Gasteiger partial charge in [0.2, 0.25) is 0 Å². The summed E-state index contributed by atoms with van der Waals surface area (Å²) in [5, 5.41) is 63.3. The van der Waals surface area contributed by atoms with E-state index in [4.69, 9.17) is 28.4 Å². The summed E-state index contributed by atoms with van der Waals surface area (Å²) in [5.74, 6) is -2.26. The second kappa shape index (κ2) is 38.6. The van der Waals surface area contributed by atoms with Gasteiger partial charge in [-0.3, -0.25) is 14.4 Å². The van der Waals surface area contributed by atoms with Crippen LogP contribution >= 0.6 is 0 Å². The Morgan fingerprint density at radius 3 is 1.16 bits per heavy atom. The predicted molar refractivity (Wildman–Crippen MR) is 265 cm³/mol. The third kappa shape index (κ3) is 27.6. The molecule has 2 fully saturated rings. The van der Waals surface area contributed by atoms with Crippen molar-refractivity contribution in [1.82, 2.24) is 0 Å².